The lowest BCUT2D eigenvalue weighted by Crippen LogP contribution is -2.54. The monoisotopic (exact) mass is 192 g/mol. The Balaban J connectivity index is 2.95. The summed E-state index contributed by atoms with van der Waals surface area (Å²) in [6.07, 6.45) is 0.279. The van der Waals surface area contributed by atoms with Gasteiger partial charge in [0.2, 0.25) is 5.91 Å². The van der Waals surface area contributed by atoms with Gasteiger partial charge in [-0.3, -0.25) is 4.79 Å². The minimum absolute atomic E-state index is 0.0385. The molecule has 0 aromatic rings. The van der Waals surface area contributed by atoms with Crippen molar-refractivity contribution < 1.29 is 13.2 Å². The smallest absolute Gasteiger partial charge is 0.238 e. The van der Waals surface area contributed by atoms with Gasteiger partial charge in [-0.1, -0.05) is 0 Å². The lowest BCUT2D eigenvalue weighted by atomic mass is 9.99. The van der Waals surface area contributed by atoms with Crippen LogP contribution in [0.1, 0.15) is 6.42 Å². The topological polar surface area (TPSA) is 89.3 Å². The van der Waals surface area contributed by atoms with Crippen LogP contribution in [0.25, 0.3) is 0 Å². The highest BCUT2D eigenvalue weighted by atomic mass is 32.2. The van der Waals surface area contributed by atoms with Crippen LogP contribution in [0.5, 0.6) is 0 Å². The number of rotatable bonds is 2. The number of likely N-dealkylation sites (N-methyl/N-ethyl adjacent to an activating group) is 1. The van der Waals surface area contributed by atoms with Crippen LogP contribution in [0.2, 0.25) is 0 Å². The summed E-state index contributed by atoms with van der Waals surface area (Å²) in [5.74, 6) is -0.728. The first-order valence-electron chi connectivity index (χ1n) is 3.61. The van der Waals surface area contributed by atoms with Crippen LogP contribution in [0.3, 0.4) is 0 Å². The number of sulfone groups is 1. The first-order valence-corrected chi connectivity index (χ1v) is 5.43. The van der Waals surface area contributed by atoms with E-state index in [1.54, 1.807) is 7.05 Å². The van der Waals surface area contributed by atoms with Crippen molar-refractivity contribution in [2.24, 2.45) is 5.73 Å². The number of carbonyl (C=O) groups excluding carboxylic acids is 1. The normalized spacial score (nSPS) is 33.4. The molecule has 1 atom stereocenters. The van der Waals surface area contributed by atoms with Crippen molar-refractivity contribution >= 4 is 15.7 Å². The molecule has 0 radical (unpaired) electrons. The van der Waals surface area contributed by atoms with Crippen molar-refractivity contribution in [2.75, 3.05) is 18.6 Å². The zero-order chi connectivity index (χ0) is 9.41. The molecule has 3 N–H and O–H groups in total. The molecule has 0 saturated carbocycles. The third kappa shape index (κ3) is 1.44. The van der Waals surface area contributed by atoms with E-state index in [1.165, 1.54) is 0 Å². The summed E-state index contributed by atoms with van der Waals surface area (Å²) in [4.78, 5) is 10.9. The van der Waals surface area contributed by atoms with Crippen LogP contribution in [0.15, 0.2) is 0 Å². The van der Waals surface area contributed by atoms with Gasteiger partial charge in [0.05, 0.1) is 11.5 Å². The molecular weight excluding hydrogens is 180 g/mol. The van der Waals surface area contributed by atoms with Crippen LogP contribution in [-0.2, 0) is 14.6 Å². The van der Waals surface area contributed by atoms with Crippen molar-refractivity contribution in [1.29, 1.82) is 0 Å². The molecule has 1 fully saturated rings. The Bertz CT molecular complexity index is 298. The molecule has 1 heterocycles. The molecule has 6 heteroatoms. The Morgan fingerprint density at radius 3 is 2.33 bits per heavy atom. The van der Waals surface area contributed by atoms with Gasteiger partial charge in [-0.2, -0.15) is 0 Å². The number of nitrogens with one attached hydrogen (secondary N) is 1. The SMILES string of the molecule is CNC1(C(N)=O)CCS(=O)(=O)C1. The minimum Gasteiger partial charge on any atom is -0.368 e. The quantitative estimate of drug-likeness (QED) is 0.543. The van der Waals surface area contributed by atoms with E-state index in [9.17, 15) is 13.2 Å². The third-order valence-corrected chi connectivity index (χ3v) is 4.02. The van der Waals surface area contributed by atoms with Gasteiger partial charge in [0, 0.05) is 0 Å². The Morgan fingerprint density at radius 1 is 1.58 bits per heavy atom. The van der Waals surface area contributed by atoms with Gasteiger partial charge in [-0.15, -0.1) is 0 Å². The Morgan fingerprint density at radius 2 is 2.17 bits per heavy atom. The number of hydrogen-bond donors (Lipinski definition) is 2. The molecular formula is C6H12N2O3S. The van der Waals surface area contributed by atoms with Gasteiger partial charge < -0.3 is 11.1 Å². The Labute approximate surface area is 71.2 Å². The van der Waals surface area contributed by atoms with Crippen molar-refractivity contribution in [3.05, 3.63) is 0 Å². The van der Waals surface area contributed by atoms with E-state index < -0.39 is 21.3 Å². The summed E-state index contributed by atoms with van der Waals surface area (Å²) in [6.45, 7) is 0. The highest BCUT2D eigenvalue weighted by Gasteiger charge is 2.45. The van der Waals surface area contributed by atoms with Gasteiger partial charge in [0.25, 0.3) is 0 Å². The predicted molar refractivity (Wildman–Crippen MR) is 44.3 cm³/mol. The second kappa shape index (κ2) is 2.70. The van der Waals surface area contributed by atoms with Gasteiger partial charge in [0.1, 0.15) is 5.54 Å². The molecule has 1 amide bonds. The maximum Gasteiger partial charge on any atom is 0.238 e. The second-order valence-corrected chi connectivity index (χ2v) is 5.22. The first-order chi connectivity index (χ1) is 5.42. The van der Waals surface area contributed by atoms with Crippen LogP contribution in [0, 0.1) is 0 Å². The molecule has 1 unspecified atom stereocenters. The Hall–Kier alpha value is -0.620. The van der Waals surface area contributed by atoms with Crippen LogP contribution in [0.4, 0.5) is 0 Å². The summed E-state index contributed by atoms with van der Waals surface area (Å²) in [5.41, 5.74) is 4.07. The summed E-state index contributed by atoms with van der Waals surface area (Å²) < 4.78 is 22.1. The minimum atomic E-state index is -3.07. The molecule has 0 bridgehead atoms. The zero-order valence-corrected chi connectivity index (χ0v) is 7.65. The van der Waals surface area contributed by atoms with Gasteiger partial charge in [-0.05, 0) is 13.5 Å². The predicted octanol–water partition coefficient (Wildman–Crippen LogP) is -1.75. The fourth-order valence-corrected chi connectivity index (χ4v) is 3.35. The summed E-state index contributed by atoms with van der Waals surface area (Å²) in [5, 5.41) is 2.68. The van der Waals surface area contributed by atoms with Crippen LogP contribution < -0.4 is 11.1 Å². The molecule has 1 aliphatic rings. The molecule has 70 valence electrons. The van der Waals surface area contributed by atoms with Crippen molar-refractivity contribution in [3.8, 4) is 0 Å². The van der Waals surface area contributed by atoms with Crippen molar-refractivity contribution in [2.45, 2.75) is 12.0 Å². The van der Waals surface area contributed by atoms with E-state index in [0.717, 1.165) is 0 Å². The van der Waals surface area contributed by atoms with E-state index >= 15 is 0 Å². The average Bonchev–Trinajstić information content (AvgIpc) is 2.27. The van der Waals surface area contributed by atoms with Crippen LogP contribution in [-0.4, -0.2) is 38.4 Å². The first kappa shape index (κ1) is 9.47. The molecule has 1 saturated heterocycles. The molecule has 1 aliphatic heterocycles. The lowest BCUT2D eigenvalue weighted by Gasteiger charge is -2.22. The number of hydrogen-bond acceptors (Lipinski definition) is 4. The summed E-state index contributed by atoms with van der Waals surface area (Å²) in [6, 6.07) is 0. The second-order valence-electron chi connectivity index (χ2n) is 3.04. The van der Waals surface area contributed by atoms with Crippen LogP contribution >= 0.6 is 0 Å². The maximum absolute atomic E-state index is 11.1. The maximum atomic E-state index is 11.1. The molecule has 0 spiro atoms. The fourth-order valence-electron chi connectivity index (χ4n) is 1.36. The van der Waals surface area contributed by atoms with Crippen molar-refractivity contribution in [1.82, 2.24) is 5.32 Å². The van der Waals surface area contributed by atoms with Gasteiger partial charge in [-0.25, -0.2) is 8.42 Å². The highest BCUT2D eigenvalue weighted by molar-refractivity contribution is 7.91. The number of carbonyl (C=O) groups is 1. The molecule has 12 heavy (non-hydrogen) atoms. The van der Waals surface area contributed by atoms with Crippen molar-refractivity contribution in [3.63, 3.8) is 0 Å². The number of nitrogens with two attached hydrogens (primary N) is 1. The molecule has 0 aliphatic carbocycles. The largest absolute Gasteiger partial charge is 0.368 e. The third-order valence-electron chi connectivity index (χ3n) is 2.26. The Kier molecular flexibility index (Phi) is 2.13. The molecule has 0 aromatic heterocycles. The number of primary amides is 1. The summed E-state index contributed by atoms with van der Waals surface area (Å²) in [7, 11) is -1.53. The zero-order valence-electron chi connectivity index (χ0n) is 6.83. The van der Waals surface area contributed by atoms with Gasteiger partial charge in [0.15, 0.2) is 9.84 Å². The molecule has 0 aromatic carbocycles. The molecule has 5 nitrogen and oxygen atoms in total. The highest BCUT2D eigenvalue weighted by Crippen LogP contribution is 2.22. The van der Waals surface area contributed by atoms with E-state index in [0.29, 0.717) is 0 Å². The lowest BCUT2D eigenvalue weighted by molar-refractivity contribution is -0.123. The standard InChI is InChI=1S/C6H12N2O3S/c1-8-6(5(7)9)2-3-12(10,11)4-6/h8H,2-4H2,1H3,(H2,7,9). The number of amides is 1. The summed E-state index contributed by atoms with van der Waals surface area (Å²) >= 11 is 0. The van der Waals surface area contributed by atoms with E-state index in [2.05, 4.69) is 5.32 Å². The van der Waals surface area contributed by atoms with E-state index in [1.807, 2.05) is 0 Å². The average molecular weight is 192 g/mol. The fraction of sp³-hybridized carbons (Fsp3) is 0.833. The van der Waals surface area contributed by atoms with E-state index in [-0.39, 0.29) is 17.9 Å². The molecule has 1 rings (SSSR count). The van der Waals surface area contributed by atoms with E-state index in [4.69, 9.17) is 5.73 Å². The van der Waals surface area contributed by atoms with Gasteiger partial charge >= 0.3 is 0 Å².